The molecule has 3 rings (SSSR count). The van der Waals surface area contributed by atoms with E-state index in [1.54, 1.807) is 30.3 Å². The van der Waals surface area contributed by atoms with E-state index in [-0.39, 0.29) is 12.3 Å². The van der Waals surface area contributed by atoms with Gasteiger partial charge in [-0.1, -0.05) is 29.3 Å². The fraction of sp³-hybridized carbons (Fsp3) is 0.125. The monoisotopic (exact) mass is 581 g/mol. The second-order valence-corrected chi connectivity index (χ2v) is 8.58. The van der Waals surface area contributed by atoms with Gasteiger partial charge < -0.3 is 14.8 Å². The highest BCUT2D eigenvalue weighted by molar-refractivity contribution is 9.10. The first-order valence-electron chi connectivity index (χ1n) is 10.2. The molecule has 0 saturated heterocycles. The van der Waals surface area contributed by atoms with Gasteiger partial charge in [-0.25, -0.2) is 9.82 Å². The van der Waals surface area contributed by atoms with Gasteiger partial charge in [0.25, 0.3) is 0 Å². The van der Waals surface area contributed by atoms with Crippen LogP contribution in [0.4, 0.5) is 10.1 Å². The van der Waals surface area contributed by atoms with Crippen LogP contribution >= 0.6 is 39.1 Å². The van der Waals surface area contributed by atoms with Crippen molar-refractivity contribution in [1.29, 1.82) is 0 Å². The molecule has 0 unspecified atom stereocenters. The number of anilines is 1. The van der Waals surface area contributed by atoms with Crippen molar-refractivity contribution < 1.29 is 23.5 Å². The molecule has 3 aromatic carbocycles. The molecule has 0 aliphatic heterocycles. The number of ether oxygens (including phenoxy) is 2. The fourth-order valence-corrected chi connectivity index (χ4v) is 3.90. The standard InChI is InChI=1S/C24H19BrCl2FN3O4/c1-2-34-21-11-14(10-18(25)22(21)35-13-17-19(26)4-3-5-20(17)27)12-29-31-24(33)23(32)30-16-8-6-15(28)7-9-16/h3-12H,2,13H2,1H3,(H,30,32)(H,31,33)/b29-12+. The molecule has 11 heteroatoms. The largest absolute Gasteiger partial charge is 0.490 e. The van der Waals surface area contributed by atoms with Crippen molar-refractivity contribution >= 4 is 62.8 Å². The van der Waals surface area contributed by atoms with Crippen LogP contribution in [0.1, 0.15) is 18.1 Å². The molecule has 0 atom stereocenters. The number of hydrogen-bond donors (Lipinski definition) is 2. The summed E-state index contributed by atoms with van der Waals surface area (Å²) in [5, 5.41) is 7.11. The summed E-state index contributed by atoms with van der Waals surface area (Å²) < 4.78 is 25.1. The normalized spacial score (nSPS) is 10.8. The number of nitrogens with zero attached hydrogens (tertiary/aromatic N) is 1. The number of nitrogens with one attached hydrogen (secondary N) is 2. The summed E-state index contributed by atoms with van der Waals surface area (Å²) in [4.78, 5) is 23.9. The lowest BCUT2D eigenvalue weighted by Gasteiger charge is -2.15. The molecule has 3 aromatic rings. The average Bonchev–Trinajstić information content (AvgIpc) is 2.81. The number of halogens is 4. The van der Waals surface area contributed by atoms with Gasteiger partial charge in [-0.3, -0.25) is 9.59 Å². The Morgan fingerprint density at radius 3 is 2.40 bits per heavy atom. The van der Waals surface area contributed by atoms with E-state index in [0.717, 1.165) is 12.1 Å². The maximum Gasteiger partial charge on any atom is 0.329 e. The minimum atomic E-state index is -0.994. The molecule has 2 amide bonds. The Balaban J connectivity index is 1.67. The van der Waals surface area contributed by atoms with Gasteiger partial charge in [0.1, 0.15) is 12.4 Å². The van der Waals surface area contributed by atoms with Crippen LogP contribution in [0, 0.1) is 5.82 Å². The molecule has 0 saturated carbocycles. The molecule has 0 radical (unpaired) electrons. The zero-order valence-corrected chi connectivity index (χ0v) is 21.4. The van der Waals surface area contributed by atoms with Gasteiger partial charge in [-0.2, -0.15) is 5.10 Å². The van der Waals surface area contributed by atoms with E-state index in [2.05, 4.69) is 31.8 Å². The summed E-state index contributed by atoms with van der Waals surface area (Å²) in [7, 11) is 0. The van der Waals surface area contributed by atoms with Crippen LogP contribution in [0.3, 0.4) is 0 Å². The minimum absolute atomic E-state index is 0.115. The molecule has 0 bridgehead atoms. The first-order chi connectivity index (χ1) is 16.8. The summed E-state index contributed by atoms with van der Waals surface area (Å²) in [6, 6.07) is 13.5. The quantitative estimate of drug-likeness (QED) is 0.195. The van der Waals surface area contributed by atoms with Gasteiger partial charge in [0.2, 0.25) is 0 Å². The van der Waals surface area contributed by atoms with Crippen molar-refractivity contribution in [1.82, 2.24) is 5.43 Å². The molecule has 2 N–H and O–H groups in total. The van der Waals surface area contributed by atoms with E-state index in [1.165, 1.54) is 18.3 Å². The minimum Gasteiger partial charge on any atom is -0.490 e. The summed E-state index contributed by atoms with van der Waals surface area (Å²) in [6.45, 7) is 2.31. The van der Waals surface area contributed by atoms with Crippen molar-refractivity contribution in [3.63, 3.8) is 0 Å². The number of hydrazone groups is 1. The van der Waals surface area contributed by atoms with E-state index < -0.39 is 17.6 Å². The van der Waals surface area contributed by atoms with E-state index in [1.807, 2.05) is 6.92 Å². The van der Waals surface area contributed by atoms with Crippen molar-refractivity contribution in [2.75, 3.05) is 11.9 Å². The van der Waals surface area contributed by atoms with Crippen LogP contribution in [0.25, 0.3) is 0 Å². The summed E-state index contributed by atoms with van der Waals surface area (Å²) in [6.07, 6.45) is 1.34. The molecule has 0 spiro atoms. The maximum absolute atomic E-state index is 13.0. The average molecular weight is 583 g/mol. The third kappa shape index (κ3) is 7.42. The molecule has 182 valence electrons. The number of rotatable bonds is 8. The van der Waals surface area contributed by atoms with Gasteiger partial charge in [0.05, 0.1) is 17.3 Å². The van der Waals surface area contributed by atoms with Gasteiger partial charge in [0, 0.05) is 21.3 Å². The lowest BCUT2D eigenvalue weighted by Crippen LogP contribution is -2.32. The molecule has 0 heterocycles. The molecule has 35 heavy (non-hydrogen) atoms. The van der Waals surface area contributed by atoms with E-state index in [9.17, 15) is 14.0 Å². The predicted molar refractivity (Wildman–Crippen MR) is 137 cm³/mol. The van der Waals surface area contributed by atoms with Crippen LogP contribution in [-0.2, 0) is 16.2 Å². The third-order valence-corrected chi connectivity index (χ3v) is 5.74. The van der Waals surface area contributed by atoms with Crippen LogP contribution in [0.15, 0.2) is 64.2 Å². The van der Waals surface area contributed by atoms with Gasteiger partial charge in [-0.05, 0) is 76.9 Å². The van der Waals surface area contributed by atoms with E-state index >= 15 is 0 Å². The Morgan fingerprint density at radius 2 is 1.74 bits per heavy atom. The highest BCUT2D eigenvalue weighted by Gasteiger charge is 2.15. The highest BCUT2D eigenvalue weighted by Crippen LogP contribution is 2.38. The molecule has 7 nitrogen and oxygen atoms in total. The Morgan fingerprint density at radius 1 is 1.06 bits per heavy atom. The molecule has 0 aliphatic carbocycles. The third-order valence-electron chi connectivity index (χ3n) is 4.44. The number of amides is 2. The Labute approximate surface area is 219 Å². The lowest BCUT2D eigenvalue weighted by molar-refractivity contribution is -0.136. The Hall–Kier alpha value is -3.14. The molecular weight excluding hydrogens is 564 g/mol. The van der Waals surface area contributed by atoms with Crippen LogP contribution < -0.4 is 20.2 Å². The first-order valence-corrected chi connectivity index (χ1v) is 11.7. The number of carbonyl (C=O) groups excluding carboxylic acids is 2. The van der Waals surface area contributed by atoms with E-state index in [4.69, 9.17) is 32.7 Å². The Bertz CT molecular complexity index is 1240. The lowest BCUT2D eigenvalue weighted by atomic mass is 10.2. The van der Waals surface area contributed by atoms with Crippen molar-refractivity contribution in [2.45, 2.75) is 13.5 Å². The number of benzene rings is 3. The Kier molecular flexibility index (Phi) is 9.47. The summed E-state index contributed by atoms with van der Waals surface area (Å²) in [5.74, 6) is -1.55. The van der Waals surface area contributed by atoms with Crippen LogP contribution in [0.5, 0.6) is 11.5 Å². The van der Waals surface area contributed by atoms with Gasteiger partial charge in [-0.15, -0.1) is 0 Å². The van der Waals surface area contributed by atoms with Crippen LogP contribution in [-0.4, -0.2) is 24.6 Å². The molecular formula is C24H19BrCl2FN3O4. The second-order valence-electron chi connectivity index (χ2n) is 6.91. The number of carbonyl (C=O) groups is 2. The number of hydrogen-bond acceptors (Lipinski definition) is 5. The zero-order chi connectivity index (χ0) is 25.4. The summed E-state index contributed by atoms with van der Waals surface area (Å²) >= 11 is 15.9. The predicted octanol–water partition coefficient (Wildman–Crippen LogP) is 5.96. The maximum atomic E-state index is 13.0. The van der Waals surface area contributed by atoms with Crippen LogP contribution in [0.2, 0.25) is 10.0 Å². The van der Waals surface area contributed by atoms with Gasteiger partial charge >= 0.3 is 11.8 Å². The second kappa shape index (κ2) is 12.5. The highest BCUT2D eigenvalue weighted by atomic mass is 79.9. The van der Waals surface area contributed by atoms with Gasteiger partial charge in [0.15, 0.2) is 11.5 Å². The van der Waals surface area contributed by atoms with Crippen molar-refractivity contribution in [3.05, 3.63) is 86.1 Å². The summed E-state index contributed by atoms with van der Waals surface area (Å²) in [5.41, 5.74) is 3.60. The zero-order valence-electron chi connectivity index (χ0n) is 18.3. The molecule has 0 aliphatic rings. The van der Waals surface area contributed by atoms with E-state index in [0.29, 0.717) is 43.8 Å². The first kappa shape index (κ1) is 26.5. The molecule has 0 aromatic heterocycles. The van der Waals surface area contributed by atoms with Crippen molar-refractivity contribution in [3.8, 4) is 11.5 Å². The fourth-order valence-electron chi connectivity index (χ4n) is 2.82. The SMILES string of the molecule is CCOc1cc(/C=N/NC(=O)C(=O)Nc2ccc(F)cc2)cc(Br)c1OCc1c(Cl)cccc1Cl. The molecule has 0 fully saturated rings. The smallest absolute Gasteiger partial charge is 0.329 e. The topological polar surface area (TPSA) is 89.0 Å². The van der Waals surface area contributed by atoms with Crippen molar-refractivity contribution in [2.24, 2.45) is 5.10 Å².